The Bertz CT molecular complexity index is 474. The van der Waals surface area contributed by atoms with Crippen molar-refractivity contribution in [1.82, 2.24) is 15.0 Å². The van der Waals surface area contributed by atoms with Crippen molar-refractivity contribution in [3.63, 3.8) is 0 Å². The molecular weight excluding hydrogens is 206 g/mol. The van der Waals surface area contributed by atoms with E-state index in [0.29, 0.717) is 17.8 Å². The van der Waals surface area contributed by atoms with Gasteiger partial charge in [-0.25, -0.2) is 4.98 Å². The Morgan fingerprint density at radius 3 is 3.12 bits per heavy atom. The maximum absolute atomic E-state index is 11.8. The number of hydrogen-bond donors (Lipinski definition) is 2. The summed E-state index contributed by atoms with van der Waals surface area (Å²) in [6.07, 6.45) is 3.55. The number of pyridine rings is 1. The summed E-state index contributed by atoms with van der Waals surface area (Å²) < 4.78 is 0. The number of hydrogen-bond acceptors (Lipinski definition) is 4. The molecule has 2 N–H and O–H groups in total. The van der Waals surface area contributed by atoms with Gasteiger partial charge in [-0.15, -0.1) is 0 Å². The highest BCUT2D eigenvalue weighted by atomic mass is 16.3. The number of aliphatic hydroxyl groups excluding tert-OH is 1. The zero-order valence-corrected chi connectivity index (χ0v) is 8.97. The Kier molecular flexibility index (Phi) is 2.96. The van der Waals surface area contributed by atoms with Crippen molar-refractivity contribution >= 4 is 16.8 Å². The predicted octanol–water partition coefficient (Wildman–Crippen LogP) is 1.16. The largest absolute Gasteiger partial charge is 0.396 e. The van der Waals surface area contributed by atoms with Crippen LogP contribution in [0.15, 0.2) is 18.5 Å². The minimum atomic E-state index is -0.0854. The van der Waals surface area contributed by atoms with Crippen molar-refractivity contribution in [2.24, 2.45) is 5.92 Å². The SMILES string of the molecule is CC(CO)CC(=O)c1nc2cnccc2[nH]1. The van der Waals surface area contributed by atoms with Crippen LogP contribution in [0.3, 0.4) is 0 Å². The average molecular weight is 219 g/mol. The number of carbonyl (C=O) groups is 1. The predicted molar refractivity (Wildman–Crippen MR) is 59.1 cm³/mol. The van der Waals surface area contributed by atoms with Gasteiger partial charge in [0, 0.05) is 19.2 Å². The number of nitrogens with zero attached hydrogens (tertiary/aromatic N) is 2. The van der Waals surface area contributed by atoms with Gasteiger partial charge in [0.2, 0.25) is 0 Å². The third kappa shape index (κ3) is 2.09. The molecule has 2 heterocycles. The van der Waals surface area contributed by atoms with Gasteiger partial charge in [0.05, 0.1) is 11.7 Å². The topological polar surface area (TPSA) is 78.9 Å². The second-order valence-corrected chi connectivity index (χ2v) is 3.89. The third-order valence-electron chi connectivity index (χ3n) is 2.40. The molecule has 1 unspecified atom stereocenters. The number of ketones is 1. The van der Waals surface area contributed by atoms with Gasteiger partial charge < -0.3 is 10.1 Å². The molecule has 1 atom stereocenters. The Labute approximate surface area is 92.5 Å². The molecule has 0 amide bonds. The molecule has 0 fully saturated rings. The lowest BCUT2D eigenvalue weighted by molar-refractivity contribution is 0.0934. The number of rotatable bonds is 4. The molecule has 0 bridgehead atoms. The van der Waals surface area contributed by atoms with E-state index in [2.05, 4.69) is 15.0 Å². The van der Waals surface area contributed by atoms with E-state index >= 15 is 0 Å². The number of Topliss-reactive ketones (excluding diaryl/α,β-unsaturated/α-hetero) is 1. The monoisotopic (exact) mass is 219 g/mol. The van der Waals surface area contributed by atoms with Crippen molar-refractivity contribution < 1.29 is 9.90 Å². The van der Waals surface area contributed by atoms with Crippen LogP contribution in [0, 0.1) is 5.92 Å². The minimum absolute atomic E-state index is 0.00746. The van der Waals surface area contributed by atoms with Gasteiger partial charge in [0.1, 0.15) is 5.52 Å². The summed E-state index contributed by atoms with van der Waals surface area (Å²) in [4.78, 5) is 22.8. The maximum Gasteiger partial charge on any atom is 0.198 e. The first-order valence-electron chi connectivity index (χ1n) is 5.14. The van der Waals surface area contributed by atoms with Crippen molar-refractivity contribution in [2.45, 2.75) is 13.3 Å². The Morgan fingerprint density at radius 1 is 1.62 bits per heavy atom. The quantitative estimate of drug-likeness (QED) is 0.756. The molecule has 5 heteroatoms. The molecule has 2 rings (SSSR count). The molecule has 2 aromatic heterocycles. The minimum Gasteiger partial charge on any atom is -0.396 e. The van der Waals surface area contributed by atoms with Gasteiger partial charge in [-0.2, -0.15) is 0 Å². The molecule has 5 nitrogen and oxygen atoms in total. The molecule has 0 spiro atoms. The van der Waals surface area contributed by atoms with E-state index < -0.39 is 0 Å². The highest BCUT2D eigenvalue weighted by Crippen LogP contribution is 2.12. The molecule has 16 heavy (non-hydrogen) atoms. The Balaban J connectivity index is 2.23. The number of nitrogens with one attached hydrogen (secondary N) is 1. The van der Waals surface area contributed by atoms with Crippen LogP contribution < -0.4 is 0 Å². The summed E-state index contributed by atoms with van der Waals surface area (Å²) in [6, 6.07) is 1.77. The van der Waals surface area contributed by atoms with E-state index in [-0.39, 0.29) is 18.3 Å². The molecule has 0 saturated heterocycles. The molecular formula is C11H13N3O2. The van der Waals surface area contributed by atoms with E-state index in [9.17, 15) is 4.79 Å². The van der Waals surface area contributed by atoms with Gasteiger partial charge in [0.15, 0.2) is 11.6 Å². The number of carbonyl (C=O) groups excluding carboxylic acids is 1. The van der Waals surface area contributed by atoms with Crippen molar-refractivity contribution in [3.05, 3.63) is 24.3 Å². The molecule has 0 saturated carbocycles. The van der Waals surface area contributed by atoms with E-state index in [1.807, 2.05) is 6.92 Å². The molecule has 0 aromatic carbocycles. The zero-order valence-electron chi connectivity index (χ0n) is 8.97. The van der Waals surface area contributed by atoms with Crippen LogP contribution >= 0.6 is 0 Å². The Morgan fingerprint density at radius 2 is 2.44 bits per heavy atom. The molecule has 2 aromatic rings. The van der Waals surface area contributed by atoms with Crippen LogP contribution in [-0.4, -0.2) is 32.4 Å². The fraction of sp³-hybridized carbons (Fsp3) is 0.364. The summed E-state index contributed by atoms with van der Waals surface area (Å²) in [7, 11) is 0. The smallest absolute Gasteiger partial charge is 0.198 e. The van der Waals surface area contributed by atoms with Gasteiger partial charge in [0.25, 0.3) is 0 Å². The first-order valence-corrected chi connectivity index (χ1v) is 5.14. The van der Waals surface area contributed by atoms with E-state index in [1.54, 1.807) is 18.5 Å². The van der Waals surface area contributed by atoms with Crippen LogP contribution in [0.5, 0.6) is 0 Å². The summed E-state index contributed by atoms with van der Waals surface area (Å²) in [6.45, 7) is 1.83. The third-order valence-corrected chi connectivity index (χ3v) is 2.40. The number of fused-ring (bicyclic) bond motifs is 1. The molecule has 84 valence electrons. The Hall–Kier alpha value is -1.75. The lowest BCUT2D eigenvalue weighted by atomic mass is 10.1. The van der Waals surface area contributed by atoms with Crippen LogP contribution in [0.2, 0.25) is 0 Å². The van der Waals surface area contributed by atoms with Gasteiger partial charge in [-0.3, -0.25) is 9.78 Å². The maximum atomic E-state index is 11.8. The van der Waals surface area contributed by atoms with Crippen LogP contribution in [0.25, 0.3) is 11.0 Å². The summed E-state index contributed by atoms with van der Waals surface area (Å²) >= 11 is 0. The van der Waals surface area contributed by atoms with Gasteiger partial charge in [-0.1, -0.05) is 6.92 Å². The van der Waals surface area contributed by atoms with Crippen molar-refractivity contribution in [3.8, 4) is 0 Å². The fourth-order valence-electron chi connectivity index (χ4n) is 1.47. The van der Waals surface area contributed by atoms with Crippen LogP contribution in [0.1, 0.15) is 24.0 Å². The van der Waals surface area contributed by atoms with Crippen LogP contribution in [-0.2, 0) is 0 Å². The first kappa shape index (κ1) is 10.8. The number of aliphatic hydroxyl groups is 1. The molecule has 0 aliphatic heterocycles. The van der Waals surface area contributed by atoms with Crippen molar-refractivity contribution in [2.75, 3.05) is 6.61 Å². The summed E-state index contributed by atoms with van der Waals surface area (Å²) in [5.74, 6) is 0.208. The summed E-state index contributed by atoms with van der Waals surface area (Å²) in [5.41, 5.74) is 1.48. The summed E-state index contributed by atoms with van der Waals surface area (Å²) in [5, 5.41) is 8.88. The van der Waals surface area contributed by atoms with Gasteiger partial charge in [-0.05, 0) is 12.0 Å². The van der Waals surface area contributed by atoms with Crippen LogP contribution in [0.4, 0.5) is 0 Å². The van der Waals surface area contributed by atoms with E-state index in [0.717, 1.165) is 5.52 Å². The van der Waals surface area contributed by atoms with E-state index in [1.165, 1.54) is 0 Å². The van der Waals surface area contributed by atoms with Gasteiger partial charge >= 0.3 is 0 Å². The number of aromatic nitrogens is 3. The second kappa shape index (κ2) is 4.40. The highest BCUT2D eigenvalue weighted by molar-refractivity contribution is 5.95. The zero-order chi connectivity index (χ0) is 11.5. The number of H-pyrrole nitrogens is 1. The number of aromatic amines is 1. The normalized spacial score (nSPS) is 12.9. The second-order valence-electron chi connectivity index (χ2n) is 3.89. The highest BCUT2D eigenvalue weighted by Gasteiger charge is 2.14. The van der Waals surface area contributed by atoms with E-state index in [4.69, 9.17) is 5.11 Å². The lowest BCUT2D eigenvalue weighted by Crippen LogP contribution is -2.10. The molecule has 0 radical (unpaired) electrons. The number of imidazole rings is 1. The lowest BCUT2D eigenvalue weighted by Gasteiger charge is -2.03. The molecule has 0 aliphatic rings. The van der Waals surface area contributed by atoms with Crippen molar-refractivity contribution in [1.29, 1.82) is 0 Å². The molecule has 0 aliphatic carbocycles. The fourth-order valence-corrected chi connectivity index (χ4v) is 1.47. The first-order chi connectivity index (χ1) is 7.70. The average Bonchev–Trinajstić information content (AvgIpc) is 2.72. The standard InChI is InChI=1S/C11H13N3O2/c1-7(6-15)4-10(16)11-13-8-2-3-12-5-9(8)14-11/h2-3,5,7,15H,4,6H2,1H3,(H,13,14).